The Morgan fingerprint density at radius 3 is 3.00 bits per heavy atom. The van der Waals surface area contributed by atoms with Gasteiger partial charge < -0.3 is 10.1 Å². The van der Waals surface area contributed by atoms with E-state index < -0.39 is 11.0 Å². The van der Waals surface area contributed by atoms with E-state index in [1.165, 1.54) is 0 Å². The molecule has 1 aromatic heterocycles. The van der Waals surface area contributed by atoms with E-state index in [0.29, 0.717) is 6.54 Å². The molecule has 1 heterocycles. The van der Waals surface area contributed by atoms with Gasteiger partial charge in [0, 0.05) is 6.54 Å². The summed E-state index contributed by atoms with van der Waals surface area (Å²) in [5.74, 6) is 2.43. The van der Waals surface area contributed by atoms with Crippen molar-refractivity contribution in [1.82, 2.24) is 9.97 Å². The Kier molecular flexibility index (Phi) is 4.22. The summed E-state index contributed by atoms with van der Waals surface area (Å²) in [5, 5.41) is 13.6. The first kappa shape index (κ1) is 12.7. The van der Waals surface area contributed by atoms with E-state index in [1.807, 2.05) is 6.92 Å². The molecule has 0 saturated carbocycles. The summed E-state index contributed by atoms with van der Waals surface area (Å²) in [7, 11) is 0. The van der Waals surface area contributed by atoms with Crippen molar-refractivity contribution in [3.05, 3.63) is 16.3 Å². The van der Waals surface area contributed by atoms with Crippen molar-refractivity contribution in [2.75, 3.05) is 11.9 Å². The van der Waals surface area contributed by atoms with E-state index in [2.05, 4.69) is 21.2 Å². The fraction of sp³-hybridized carbons (Fsp3) is 0.400. The first-order valence-corrected chi connectivity index (χ1v) is 4.96. The maximum Gasteiger partial charge on any atom is 0.349 e. The highest BCUT2D eigenvalue weighted by molar-refractivity contribution is 5.43. The monoisotopic (exact) mass is 236 g/mol. The zero-order chi connectivity index (χ0) is 12.8. The number of anilines is 1. The molecular weight excluding hydrogens is 224 g/mol. The molecule has 0 bridgehead atoms. The third-order valence-corrected chi connectivity index (χ3v) is 1.79. The molecule has 0 radical (unpaired) electrons. The molecule has 0 aliphatic heterocycles. The van der Waals surface area contributed by atoms with Crippen LogP contribution in [-0.4, -0.2) is 27.5 Å². The minimum Gasteiger partial charge on any atom is -0.456 e. The summed E-state index contributed by atoms with van der Waals surface area (Å²) < 4.78 is 5.17. The number of hydrogen-bond donors (Lipinski definition) is 1. The smallest absolute Gasteiger partial charge is 0.349 e. The second kappa shape index (κ2) is 5.65. The normalized spacial score (nSPS) is 11.4. The molecule has 0 spiro atoms. The molecule has 17 heavy (non-hydrogen) atoms. The lowest BCUT2D eigenvalue weighted by Crippen LogP contribution is -2.12. The highest BCUT2D eigenvalue weighted by Crippen LogP contribution is 2.25. The molecule has 1 atom stereocenters. The summed E-state index contributed by atoms with van der Waals surface area (Å²) in [6.07, 6.45) is 5.63. The summed E-state index contributed by atoms with van der Waals surface area (Å²) in [6, 6.07) is 0. The molecule has 0 saturated heterocycles. The van der Waals surface area contributed by atoms with E-state index in [9.17, 15) is 10.1 Å². The number of nitro groups is 1. The Morgan fingerprint density at radius 1 is 1.76 bits per heavy atom. The number of terminal acetylenes is 1. The number of hydrogen-bond acceptors (Lipinski definition) is 6. The molecule has 1 unspecified atom stereocenters. The summed E-state index contributed by atoms with van der Waals surface area (Å²) in [4.78, 5) is 17.8. The zero-order valence-corrected chi connectivity index (χ0v) is 9.51. The highest BCUT2D eigenvalue weighted by atomic mass is 16.6. The van der Waals surface area contributed by atoms with Gasteiger partial charge in [-0.1, -0.05) is 5.92 Å². The van der Waals surface area contributed by atoms with Crippen LogP contribution in [0, 0.1) is 22.5 Å². The van der Waals surface area contributed by atoms with Crippen LogP contribution >= 0.6 is 0 Å². The number of nitrogens with one attached hydrogen (secondary N) is 1. The molecule has 0 aliphatic rings. The van der Waals surface area contributed by atoms with E-state index >= 15 is 0 Å². The lowest BCUT2D eigenvalue weighted by atomic mass is 10.4. The van der Waals surface area contributed by atoms with E-state index in [4.69, 9.17) is 11.2 Å². The van der Waals surface area contributed by atoms with Gasteiger partial charge in [-0.2, -0.15) is 4.98 Å². The van der Waals surface area contributed by atoms with Crippen LogP contribution in [0.25, 0.3) is 0 Å². The van der Waals surface area contributed by atoms with Gasteiger partial charge in [-0.3, -0.25) is 10.1 Å². The molecular formula is C10H12N4O3. The minimum atomic E-state index is -0.617. The van der Waals surface area contributed by atoms with Crippen molar-refractivity contribution in [2.24, 2.45) is 0 Å². The third kappa shape index (κ3) is 3.31. The van der Waals surface area contributed by atoms with Crippen molar-refractivity contribution in [1.29, 1.82) is 0 Å². The van der Waals surface area contributed by atoms with Crippen LogP contribution in [0.1, 0.15) is 13.8 Å². The predicted octanol–water partition coefficient (Wildman–Crippen LogP) is 1.22. The Morgan fingerprint density at radius 2 is 2.47 bits per heavy atom. The quantitative estimate of drug-likeness (QED) is 0.469. The number of nitrogens with zero attached hydrogens (tertiary/aromatic N) is 3. The molecule has 1 aromatic rings. The molecule has 7 heteroatoms. The number of aromatic nitrogens is 2. The van der Waals surface area contributed by atoms with E-state index in [1.54, 1.807) is 6.92 Å². The Bertz CT molecular complexity index is 455. The Labute approximate surface area is 98.4 Å². The Balaban J connectivity index is 3.07. The van der Waals surface area contributed by atoms with Crippen molar-refractivity contribution < 1.29 is 9.66 Å². The second-order valence-electron chi connectivity index (χ2n) is 3.10. The van der Waals surface area contributed by atoms with Gasteiger partial charge in [-0.15, -0.1) is 6.42 Å². The van der Waals surface area contributed by atoms with Gasteiger partial charge in [0.15, 0.2) is 6.10 Å². The van der Waals surface area contributed by atoms with Crippen LogP contribution in [0.5, 0.6) is 5.88 Å². The zero-order valence-electron chi connectivity index (χ0n) is 9.51. The molecule has 0 aliphatic carbocycles. The van der Waals surface area contributed by atoms with Gasteiger partial charge >= 0.3 is 5.69 Å². The lowest BCUT2D eigenvalue weighted by molar-refractivity contribution is -0.386. The van der Waals surface area contributed by atoms with Crippen molar-refractivity contribution in [3.63, 3.8) is 0 Å². The molecule has 1 N–H and O–H groups in total. The predicted molar refractivity (Wildman–Crippen MR) is 61.8 cm³/mol. The first-order chi connectivity index (χ1) is 8.08. The molecule has 0 amide bonds. The second-order valence-corrected chi connectivity index (χ2v) is 3.10. The van der Waals surface area contributed by atoms with Gasteiger partial charge in [0.05, 0.1) is 4.92 Å². The lowest BCUT2D eigenvalue weighted by Gasteiger charge is -2.09. The van der Waals surface area contributed by atoms with E-state index in [-0.39, 0.29) is 17.5 Å². The van der Waals surface area contributed by atoms with Crippen molar-refractivity contribution >= 4 is 11.6 Å². The largest absolute Gasteiger partial charge is 0.456 e. The number of rotatable bonds is 5. The van der Waals surface area contributed by atoms with Gasteiger partial charge in [-0.25, -0.2) is 4.98 Å². The van der Waals surface area contributed by atoms with Crippen LogP contribution in [0.3, 0.4) is 0 Å². The molecule has 1 rings (SSSR count). The molecule has 0 fully saturated rings. The topological polar surface area (TPSA) is 90.2 Å². The van der Waals surface area contributed by atoms with Crippen LogP contribution in [0.2, 0.25) is 0 Å². The third-order valence-electron chi connectivity index (χ3n) is 1.79. The maximum atomic E-state index is 10.7. The standard InChI is InChI=1S/C10H12N4O3/c1-4-7(3)17-9-8(14(15)16)6-12-10(13-9)11-5-2/h1,6-7H,5H2,2-3H3,(H,11,12,13). The average Bonchev–Trinajstić information content (AvgIpc) is 2.29. The van der Waals surface area contributed by atoms with E-state index in [0.717, 1.165) is 6.20 Å². The summed E-state index contributed by atoms with van der Waals surface area (Å²) in [6.45, 7) is 4.05. The molecule has 90 valence electrons. The van der Waals surface area contributed by atoms with Gasteiger partial charge in [0.2, 0.25) is 5.95 Å². The van der Waals surface area contributed by atoms with Crippen LogP contribution < -0.4 is 10.1 Å². The fourth-order valence-corrected chi connectivity index (χ4v) is 1.02. The number of ether oxygens (including phenoxy) is 1. The molecule has 7 nitrogen and oxygen atoms in total. The molecule has 0 aromatic carbocycles. The first-order valence-electron chi connectivity index (χ1n) is 4.96. The van der Waals surface area contributed by atoms with Crippen LogP contribution in [-0.2, 0) is 0 Å². The Hall–Kier alpha value is -2.36. The van der Waals surface area contributed by atoms with Crippen LogP contribution in [0.15, 0.2) is 6.20 Å². The SMILES string of the molecule is C#CC(C)Oc1nc(NCC)ncc1[N+](=O)[O-]. The summed E-state index contributed by atoms with van der Waals surface area (Å²) in [5.41, 5.74) is -0.311. The minimum absolute atomic E-state index is 0.133. The fourth-order valence-electron chi connectivity index (χ4n) is 1.02. The van der Waals surface area contributed by atoms with Gasteiger partial charge in [0.25, 0.3) is 5.88 Å². The average molecular weight is 236 g/mol. The van der Waals surface area contributed by atoms with Gasteiger partial charge in [-0.05, 0) is 13.8 Å². The van der Waals surface area contributed by atoms with Gasteiger partial charge in [0.1, 0.15) is 6.20 Å². The highest BCUT2D eigenvalue weighted by Gasteiger charge is 2.20. The van der Waals surface area contributed by atoms with Crippen LogP contribution in [0.4, 0.5) is 11.6 Å². The van der Waals surface area contributed by atoms with Crippen molar-refractivity contribution in [2.45, 2.75) is 20.0 Å². The van der Waals surface area contributed by atoms with Crippen molar-refractivity contribution in [3.8, 4) is 18.2 Å². The summed E-state index contributed by atoms with van der Waals surface area (Å²) >= 11 is 0. The maximum absolute atomic E-state index is 10.7.